The molecule has 3 nitrogen and oxygen atoms in total. The lowest BCUT2D eigenvalue weighted by molar-refractivity contribution is 1.09. The summed E-state index contributed by atoms with van der Waals surface area (Å²) in [4.78, 5) is 4.63. The normalized spacial score (nSPS) is 11.1. The third kappa shape index (κ3) is 2.27. The topological polar surface area (TPSA) is 43.3 Å². The molecule has 102 valence electrons. The molecule has 3 rings (SSSR count). The van der Waals surface area contributed by atoms with Gasteiger partial charge < -0.3 is 5.73 Å². The van der Waals surface area contributed by atoms with Crippen LogP contribution < -0.4 is 5.73 Å². The second kappa shape index (κ2) is 5.00. The van der Waals surface area contributed by atoms with E-state index in [1.54, 1.807) is 0 Å². The number of benzene rings is 1. The van der Waals surface area contributed by atoms with Crippen molar-refractivity contribution in [2.45, 2.75) is 26.7 Å². The SMILES string of the molecule is CCc1ccc(Cc2nc3ccc(C)cn3c2N)cc1. The Hall–Kier alpha value is -2.29. The summed E-state index contributed by atoms with van der Waals surface area (Å²) < 4.78 is 1.96. The fourth-order valence-electron chi connectivity index (χ4n) is 2.43. The van der Waals surface area contributed by atoms with Crippen LogP contribution in [0.5, 0.6) is 0 Å². The van der Waals surface area contributed by atoms with E-state index in [0.717, 1.165) is 30.0 Å². The van der Waals surface area contributed by atoms with Gasteiger partial charge in [-0.15, -0.1) is 0 Å². The first kappa shape index (κ1) is 12.7. The highest BCUT2D eigenvalue weighted by Crippen LogP contribution is 2.19. The molecule has 2 aromatic heterocycles. The number of nitrogens with zero attached hydrogens (tertiary/aromatic N) is 2. The Morgan fingerprint density at radius 1 is 1.05 bits per heavy atom. The van der Waals surface area contributed by atoms with Crippen molar-refractivity contribution in [1.82, 2.24) is 9.38 Å². The van der Waals surface area contributed by atoms with E-state index >= 15 is 0 Å². The van der Waals surface area contributed by atoms with E-state index in [2.05, 4.69) is 49.2 Å². The summed E-state index contributed by atoms with van der Waals surface area (Å²) >= 11 is 0. The summed E-state index contributed by atoms with van der Waals surface area (Å²) in [5.41, 5.74) is 11.8. The maximum Gasteiger partial charge on any atom is 0.138 e. The first-order chi connectivity index (χ1) is 9.67. The van der Waals surface area contributed by atoms with Crippen molar-refractivity contribution in [1.29, 1.82) is 0 Å². The van der Waals surface area contributed by atoms with E-state index < -0.39 is 0 Å². The predicted octanol–water partition coefficient (Wildman–Crippen LogP) is 3.38. The molecule has 0 saturated heterocycles. The molecule has 0 saturated carbocycles. The molecule has 0 unspecified atom stereocenters. The third-order valence-corrected chi connectivity index (χ3v) is 3.68. The molecule has 0 aliphatic heterocycles. The van der Waals surface area contributed by atoms with Crippen LogP contribution in [-0.2, 0) is 12.8 Å². The molecule has 2 heterocycles. The standard InChI is InChI=1S/C17H19N3/c1-3-13-5-7-14(8-6-13)10-15-17(18)20-11-12(2)4-9-16(20)19-15/h4-9,11H,3,10,18H2,1-2H3. The molecule has 0 amide bonds. The fraction of sp³-hybridized carbons (Fsp3) is 0.235. The summed E-state index contributed by atoms with van der Waals surface area (Å²) in [6, 6.07) is 12.7. The molecule has 2 N–H and O–H groups in total. The van der Waals surface area contributed by atoms with Crippen LogP contribution in [-0.4, -0.2) is 9.38 Å². The highest BCUT2D eigenvalue weighted by Gasteiger charge is 2.09. The van der Waals surface area contributed by atoms with E-state index in [1.165, 1.54) is 16.7 Å². The van der Waals surface area contributed by atoms with Gasteiger partial charge in [-0.05, 0) is 36.1 Å². The molecule has 0 aliphatic carbocycles. The maximum absolute atomic E-state index is 6.21. The van der Waals surface area contributed by atoms with Gasteiger partial charge in [0, 0.05) is 12.6 Å². The van der Waals surface area contributed by atoms with Gasteiger partial charge in [0.05, 0.1) is 5.69 Å². The van der Waals surface area contributed by atoms with E-state index in [1.807, 2.05) is 16.7 Å². The van der Waals surface area contributed by atoms with E-state index in [-0.39, 0.29) is 0 Å². The average molecular weight is 265 g/mol. The first-order valence-electron chi connectivity index (χ1n) is 6.98. The molecule has 3 aromatic rings. The Labute approximate surface area is 119 Å². The minimum Gasteiger partial charge on any atom is -0.383 e. The van der Waals surface area contributed by atoms with Gasteiger partial charge in [-0.2, -0.15) is 0 Å². The summed E-state index contributed by atoms with van der Waals surface area (Å²) in [5, 5.41) is 0. The van der Waals surface area contributed by atoms with Gasteiger partial charge in [0.25, 0.3) is 0 Å². The summed E-state index contributed by atoms with van der Waals surface area (Å²) in [7, 11) is 0. The summed E-state index contributed by atoms with van der Waals surface area (Å²) in [6.45, 7) is 4.22. The number of anilines is 1. The van der Waals surface area contributed by atoms with Crippen molar-refractivity contribution >= 4 is 11.5 Å². The zero-order valence-electron chi connectivity index (χ0n) is 11.9. The minimum atomic E-state index is 0.739. The molecule has 0 spiro atoms. The van der Waals surface area contributed by atoms with Gasteiger partial charge in [-0.3, -0.25) is 4.40 Å². The van der Waals surface area contributed by atoms with E-state index in [9.17, 15) is 0 Å². The third-order valence-electron chi connectivity index (χ3n) is 3.68. The number of fused-ring (bicyclic) bond motifs is 1. The number of hydrogen-bond acceptors (Lipinski definition) is 2. The zero-order valence-corrected chi connectivity index (χ0v) is 11.9. The number of imidazole rings is 1. The van der Waals surface area contributed by atoms with Crippen molar-refractivity contribution in [2.24, 2.45) is 0 Å². The van der Waals surface area contributed by atoms with Crippen molar-refractivity contribution in [2.75, 3.05) is 5.73 Å². The Morgan fingerprint density at radius 2 is 1.75 bits per heavy atom. The molecule has 20 heavy (non-hydrogen) atoms. The van der Waals surface area contributed by atoms with Crippen LogP contribution >= 0.6 is 0 Å². The highest BCUT2D eigenvalue weighted by atomic mass is 15.1. The van der Waals surface area contributed by atoms with Gasteiger partial charge in [0.1, 0.15) is 11.5 Å². The molecular formula is C17H19N3. The number of rotatable bonds is 3. The van der Waals surface area contributed by atoms with Crippen LogP contribution in [0.4, 0.5) is 5.82 Å². The second-order valence-corrected chi connectivity index (χ2v) is 5.23. The average Bonchev–Trinajstić information content (AvgIpc) is 2.76. The monoisotopic (exact) mass is 265 g/mol. The lowest BCUT2D eigenvalue weighted by atomic mass is 10.1. The Bertz CT molecular complexity index is 739. The number of hydrogen-bond donors (Lipinski definition) is 1. The molecule has 1 aromatic carbocycles. The molecule has 0 radical (unpaired) electrons. The molecule has 0 atom stereocenters. The molecule has 0 aliphatic rings. The number of nitrogen functional groups attached to an aromatic ring is 1. The number of pyridine rings is 1. The van der Waals surface area contributed by atoms with Gasteiger partial charge in [0.2, 0.25) is 0 Å². The number of aryl methyl sites for hydroxylation is 2. The largest absolute Gasteiger partial charge is 0.383 e. The molecule has 3 heteroatoms. The Balaban J connectivity index is 1.95. The second-order valence-electron chi connectivity index (χ2n) is 5.23. The first-order valence-corrected chi connectivity index (χ1v) is 6.98. The zero-order chi connectivity index (χ0) is 14.1. The van der Waals surface area contributed by atoms with E-state index in [4.69, 9.17) is 5.73 Å². The van der Waals surface area contributed by atoms with E-state index in [0.29, 0.717) is 0 Å². The maximum atomic E-state index is 6.21. The van der Waals surface area contributed by atoms with Crippen LogP contribution in [0.1, 0.15) is 29.3 Å². The van der Waals surface area contributed by atoms with Crippen molar-refractivity contribution in [3.8, 4) is 0 Å². The quantitative estimate of drug-likeness (QED) is 0.789. The van der Waals surface area contributed by atoms with Crippen molar-refractivity contribution in [3.05, 3.63) is 65.0 Å². The summed E-state index contributed by atoms with van der Waals surface area (Å²) in [5.74, 6) is 0.739. The van der Waals surface area contributed by atoms with Gasteiger partial charge in [-0.1, -0.05) is 37.3 Å². The highest BCUT2D eigenvalue weighted by molar-refractivity contribution is 5.54. The van der Waals surface area contributed by atoms with Gasteiger partial charge in [-0.25, -0.2) is 4.98 Å². The fourth-order valence-corrected chi connectivity index (χ4v) is 2.43. The Morgan fingerprint density at radius 3 is 2.45 bits per heavy atom. The van der Waals surface area contributed by atoms with Crippen LogP contribution in [0.3, 0.4) is 0 Å². The van der Waals surface area contributed by atoms with Crippen molar-refractivity contribution < 1.29 is 0 Å². The molecular weight excluding hydrogens is 246 g/mol. The van der Waals surface area contributed by atoms with Crippen molar-refractivity contribution in [3.63, 3.8) is 0 Å². The van der Waals surface area contributed by atoms with Crippen LogP contribution in [0.15, 0.2) is 42.6 Å². The predicted molar refractivity (Wildman–Crippen MR) is 83.0 cm³/mol. The summed E-state index contributed by atoms with van der Waals surface area (Å²) in [6.07, 6.45) is 3.87. The van der Waals surface area contributed by atoms with Crippen LogP contribution in [0.25, 0.3) is 5.65 Å². The van der Waals surface area contributed by atoms with Gasteiger partial charge >= 0.3 is 0 Å². The minimum absolute atomic E-state index is 0.739. The number of aromatic nitrogens is 2. The van der Waals surface area contributed by atoms with Crippen LogP contribution in [0, 0.1) is 6.92 Å². The molecule has 0 bridgehead atoms. The van der Waals surface area contributed by atoms with Gasteiger partial charge in [0.15, 0.2) is 0 Å². The number of nitrogens with two attached hydrogens (primary N) is 1. The molecule has 0 fully saturated rings. The smallest absolute Gasteiger partial charge is 0.138 e. The lowest BCUT2D eigenvalue weighted by Crippen LogP contribution is -1.98. The van der Waals surface area contributed by atoms with Crippen LogP contribution in [0.2, 0.25) is 0 Å². The Kier molecular flexibility index (Phi) is 3.18. The lowest BCUT2D eigenvalue weighted by Gasteiger charge is -2.02.